The van der Waals surface area contributed by atoms with E-state index in [-0.39, 0.29) is 23.9 Å². The lowest BCUT2D eigenvalue weighted by molar-refractivity contribution is -0.143. The number of ketones is 1. The van der Waals surface area contributed by atoms with Crippen LogP contribution in [0.3, 0.4) is 0 Å². The van der Waals surface area contributed by atoms with Gasteiger partial charge in [-0.2, -0.15) is 0 Å². The third-order valence-electron chi connectivity index (χ3n) is 6.09. The predicted molar refractivity (Wildman–Crippen MR) is 115 cm³/mol. The van der Waals surface area contributed by atoms with Gasteiger partial charge in [0.25, 0.3) is 0 Å². The molecule has 2 aliphatic heterocycles. The molecular formula is C24H28ClNO4. The number of allylic oxidation sites excluding steroid dienone is 3. The quantitative estimate of drug-likeness (QED) is 0.713. The molecule has 0 radical (unpaired) electrons. The molecule has 1 aromatic carbocycles. The first kappa shape index (κ1) is 21.1. The molecule has 0 spiro atoms. The summed E-state index contributed by atoms with van der Waals surface area (Å²) in [5.41, 5.74) is 2.67. The molecule has 1 aromatic rings. The van der Waals surface area contributed by atoms with Crippen LogP contribution in [0.4, 0.5) is 0 Å². The maximum atomic E-state index is 13.2. The van der Waals surface area contributed by atoms with Gasteiger partial charge in [0.2, 0.25) is 0 Å². The molecule has 3 atom stereocenters. The number of esters is 1. The first-order valence-corrected chi connectivity index (χ1v) is 10.9. The van der Waals surface area contributed by atoms with Crippen molar-refractivity contribution in [3.63, 3.8) is 0 Å². The Bertz CT molecular complexity index is 927. The van der Waals surface area contributed by atoms with E-state index in [4.69, 9.17) is 21.1 Å². The van der Waals surface area contributed by atoms with Gasteiger partial charge in [-0.05, 0) is 42.9 Å². The minimum absolute atomic E-state index is 0.0522. The van der Waals surface area contributed by atoms with E-state index in [0.717, 1.165) is 24.1 Å². The van der Waals surface area contributed by atoms with Crippen LogP contribution in [0.15, 0.2) is 47.3 Å². The van der Waals surface area contributed by atoms with Crippen molar-refractivity contribution in [2.45, 2.75) is 52.1 Å². The summed E-state index contributed by atoms with van der Waals surface area (Å²) in [6.07, 6.45) is 4.37. The number of Topliss-reactive ketones (excluding diaryl/α,β-unsaturated/α-hetero) is 1. The van der Waals surface area contributed by atoms with Crippen molar-refractivity contribution in [3.8, 4) is 0 Å². The van der Waals surface area contributed by atoms with Gasteiger partial charge < -0.3 is 14.8 Å². The minimum Gasteiger partial charge on any atom is -0.460 e. The second-order valence-electron chi connectivity index (χ2n) is 9.14. The molecule has 2 heterocycles. The molecule has 5 nitrogen and oxygen atoms in total. The highest BCUT2D eigenvalue weighted by atomic mass is 35.5. The summed E-state index contributed by atoms with van der Waals surface area (Å²) in [7, 11) is 0. The van der Waals surface area contributed by atoms with Crippen molar-refractivity contribution in [1.82, 2.24) is 5.32 Å². The Labute approximate surface area is 182 Å². The highest BCUT2D eigenvalue weighted by Crippen LogP contribution is 2.47. The van der Waals surface area contributed by atoms with E-state index in [1.54, 1.807) is 6.07 Å². The maximum absolute atomic E-state index is 13.2. The van der Waals surface area contributed by atoms with Crippen molar-refractivity contribution in [2.75, 3.05) is 13.2 Å². The topological polar surface area (TPSA) is 64.6 Å². The number of hydrogen-bond donors (Lipinski definition) is 1. The molecule has 0 saturated carbocycles. The molecule has 0 bridgehead atoms. The summed E-state index contributed by atoms with van der Waals surface area (Å²) in [4.78, 5) is 26.4. The molecule has 6 heteroatoms. The van der Waals surface area contributed by atoms with E-state index < -0.39 is 17.8 Å². The number of halogens is 1. The number of hydrogen-bond acceptors (Lipinski definition) is 5. The van der Waals surface area contributed by atoms with Crippen LogP contribution >= 0.6 is 11.6 Å². The molecule has 1 fully saturated rings. The number of carbonyl (C=O) groups is 2. The third-order valence-corrected chi connectivity index (χ3v) is 6.33. The fourth-order valence-corrected chi connectivity index (χ4v) is 5.02. The zero-order valence-electron chi connectivity index (χ0n) is 17.7. The van der Waals surface area contributed by atoms with Crippen LogP contribution in [0.2, 0.25) is 5.02 Å². The Morgan fingerprint density at radius 2 is 2.13 bits per heavy atom. The largest absolute Gasteiger partial charge is 0.460 e. The highest BCUT2D eigenvalue weighted by molar-refractivity contribution is 6.30. The van der Waals surface area contributed by atoms with E-state index in [1.807, 2.05) is 25.1 Å². The molecule has 3 aliphatic rings. The number of fused-ring (bicyclic) bond motifs is 1. The Balaban J connectivity index is 1.73. The lowest BCUT2D eigenvalue weighted by Gasteiger charge is -2.41. The molecule has 1 aliphatic carbocycles. The smallest absolute Gasteiger partial charge is 0.336 e. The second kappa shape index (κ2) is 8.20. The first-order valence-electron chi connectivity index (χ1n) is 10.5. The number of rotatable bonds is 4. The van der Waals surface area contributed by atoms with Gasteiger partial charge in [0.05, 0.1) is 17.6 Å². The number of carbonyl (C=O) groups excluding carboxylic acids is 2. The van der Waals surface area contributed by atoms with Crippen LogP contribution in [0, 0.1) is 11.3 Å². The predicted octanol–water partition coefficient (Wildman–Crippen LogP) is 4.52. The van der Waals surface area contributed by atoms with Gasteiger partial charge in [0, 0.05) is 35.4 Å². The first-order chi connectivity index (χ1) is 14.2. The SMILES string of the molecule is CC1=C(C(=O)OCC2CCCO2)C(c2cccc(Cl)c2)C2C(=O)CC(C)(C)C=C2N1. The van der Waals surface area contributed by atoms with Gasteiger partial charge >= 0.3 is 5.97 Å². The Morgan fingerprint density at radius 3 is 2.83 bits per heavy atom. The summed E-state index contributed by atoms with van der Waals surface area (Å²) in [6, 6.07) is 7.40. The molecule has 1 N–H and O–H groups in total. The number of nitrogens with one attached hydrogen (secondary N) is 1. The van der Waals surface area contributed by atoms with E-state index in [9.17, 15) is 9.59 Å². The summed E-state index contributed by atoms with van der Waals surface area (Å²) in [5, 5.41) is 3.91. The van der Waals surface area contributed by atoms with E-state index in [0.29, 0.717) is 29.3 Å². The fourth-order valence-electron chi connectivity index (χ4n) is 4.82. The standard InChI is InChI=1S/C24H28ClNO4/c1-14-20(23(28)30-13-17-8-5-9-29-17)21(15-6-4-7-16(25)10-15)22-18(26-14)11-24(2,3)12-19(22)27/h4,6-7,10-11,17,21-22,26H,5,8-9,12-13H2,1-3H3. The van der Waals surface area contributed by atoms with E-state index in [2.05, 4.69) is 25.2 Å². The van der Waals surface area contributed by atoms with Crippen molar-refractivity contribution in [1.29, 1.82) is 0 Å². The molecule has 0 amide bonds. The number of ether oxygens (including phenoxy) is 2. The van der Waals surface area contributed by atoms with Gasteiger partial charge in [-0.25, -0.2) is 4.79 Å². The maximum Gasteiger partial charge on any atom is 0.336 e. The molecule has 30 heavy (non-hydrogen) atoms. The normalized spacial score (nSPS) is 27.9. The van der Waals surface area contributed by atoms with Crippen molar-refractivity contribution in [3.05, 3.63) is 57.9 Å². The average molecular weight is 430 g/mol. The molecule has 1 saturated heterocycles. The minimum atomic E-state index is -0.453. The number of benzene rings is 1. The average Bonchev–Trinajstić information content (AvgIpc) is 3.17. The molecule has 160 valence electrons. The molecular weight excluding hydrogens is 402 g/mol. The van der Waals surface area contributed by atoms with E-state index in [1.165, 1.54) is 0 Å². The van der Waals surface area contributed by atoms with Gasteiger partial charge in [-0.15, -0.1) is 0 Å². The summed E-state index contributed by atoms with van der Waals surface area (Å²) >= 11 is 6.27. The molecule has 4 rings (SSSR count). The molecule has 3 unspecified atom stereocenters. The Hall–Kier alpha value is -2.11. The second-order valence-corrected chi connectivity index (χ2v) is 9.58. The third kappa shape index (κ3) is 4.19. The summed E-state index contributed by atoms with van der Waals surface area (Å²) in [5.74, 6) is -1.17. The lowest BCUT2D eigenvalue weighted by atomic mass is 9.66. The summed E-state index contributed by atoms with van der Waals surface area (Å²) < 4.78 is 11.2. The monoisotopic (exact) mass is 429 g/mol. The van der Waals surface area contributed by atoms with Crippen LogP contribution < -0.4 is 5.32 Å². The van der Waals surface area contributed by atoms with Crippen LogP contribution in [0.5, 0.6) is 0 Å². The lowest BCUT2D eigenvalue weighted by Crippen LogP contribution is -2.43. The zero-order valence-corrected chi connectivity index (χ0v) is 18.4. The van der Waals surface area contributed by atoms with Crippen molar-refractivity contribution in [2.24, 2.45) is 11.3 Å². The highest BCUT2D eigenvalue weighted by Gasteiger charge is 2.46. The summed E-state index contributed by atoms with van der Waals surface area (Å²) in [6.45, 7) is 6.90. The van der Waals surface area contributed by atoms with Crippen LogP contribution in [-0.2, 0) is 19.1 Å². The fraction of sp³-hybridized carbons (Fsp3) is 0.500. The van der Waals surface area contributed by atoms with Gasteiger partial charge in [0.15, 0.2) is 0 Å². The van der Waals surface area contributed by atoms with Gasteiger partial charge in [0.1, 0.15) is 12.4 Å². The Morgan fingerprint density at radius 1 is 1.33 bits per heavy atom. The zero-order chi connectivity index (χ0) is 21.5. The van der Waals surface area contributed by atoms with Gasteiger partial charge in [-0.1, -0.05) is 43.7 Å². The van der Waals surface area contributed by atoms with Crippen LogP contribution in [0.1, 0.15) is 51.5 Å². The Kier molecular flexibility index (Phi) is 5.78. The van der Waals surface area contributed by atoms with Crippen molar-refractivity contribution >= 4 is 23.4 Å². The molecule has 0 aromatic heterocycles. The van der Waals surface area contributed by atoms with E-state index >= 15 is 0 Å². The van der Waals surface area contributed by atoms with Crippen molar-refractivity contribution < 1.29 is 19.1 Å². The van der Waals surface area contributed by atoms with Gasteiger partial charge in [-0.3, -0.25) is 4.79 Å². The van der Waals surface area contributed by atoms with Crippen LogP contribution in [0.25, 0.3) is 0 Å². The van der Waals surface area contributed by atoms with Crippen LogP contribution in [-0.4, -0.2) is 31.1 Å².